The molecular formula is C9H15N3. The normalized spacial score (nSPS) is 10.6. The molecule has 0 amide bonds. The summed E-state index contributed by atoms with van der Waals surface area (Å²) < 4.78 is 0. The summed E-state index contributed by atoms with van der Waals surface area (Å²) in [5, 5.41) is 1.95. The number of hydrogen-bond acceptors (Lipinski definition) is 3. The molecule has 1 rings (SSSR count). The molecule has 3 heteroatoms. The maximum atomic E-state index is 4.22. The molecule has 0 radical (unpaired) electrons. The van der Waals surface area contributed by atoms with E-state index in [9.17, 15) is 0 Å². The van der Waals surface area contributed by atoms with Gasteiger partial charge in [0, 0.05) is 39.0 Å². The topological polar surface area (TPSA) is 28.2 Å². The summed E-state index contributed by atoms with van der Waals surface area (Å²) in [6, 6.07) is 5.98. The fraction of sp³-hybridized carbons (Fsp3) is 0.444. The molecule has 0 aliphatic rings. The zero-order valence-corrected chi connectivity index (χ0v) is 7.62. The van der Waals surface area contributed by atoms with Crippen LogP contribution in [0.25, 0.3) is 0 Å². The molecule has 3 nitrogen and oxygen atoms in total. The van der Waals surface area contributed by atoms with Gasteiger partial charge in [0.1, 0.15) is 0 Å². The molecule has 0 spiro atoms. The highest BCUT2D eigenvalue weighted by molar-refractivity contribution is 5.03. The number of hydrazine groups is 1. The molecule has 0 unspecified atom stereocenters. The maximum Gasteiger partial charge on any atom is 0.0416 e. The summed E-state index contributed by atoms with van der Waals surface area (Å²) >= 11 is 0. The Balaban J connectivity index is 2.25. The molecule has 0 saturated carbocycles. The second-order valence-electron chi connectivity index (χ2n) is 2.87. The minimum Gasteiger partial charge on any atom is -0.261 e. The lowest BCUT2D eigenvalue weighted by Crippen LogP contribution is -2.32. The predicted molar refractivity (Wildman–Crippen MR) is 49.6 cm³/mol. The minimum absolute atomic E-state index is 0.935. The Bertz CT molecular complexity index is 208. The van der Waals surface area contributed by atoms with E-state index >= 15 is 0 Å². The second kappa shape index (κ2) is 4.85. The Morgan fingerprint density at radius 1 is 1.42 bits per heavy atom. The van der Waals surface area contributed by atoms with Gasteiger partial charge in [0.25, 0.3) is 0 Å². The Kier molecular flexibility index (Phi) is 3.70. The van der Waals surface area contributed by atoms with E-state index in [4.69, 9.17) is 0 Å². The molecule has 12 heavy (non-hydrogen) atoms. The van der Waals surface area contributed by atoms with E-state index in [1.165, 1.54) is 0 Å². The van der Waals surface area contributed by atoms with Crippen LogP contribution in [0.1, 0.15) is 5.69 Å². The molecule has 1 aromatic rings. The zero-order valence-electron chi connectivity index (χ0n) is 7.62. The molecule has 1 aromatic heterocycles. The standard InChI is InChI=1S/C9H15N3/c1-12(2)11-8-6-9-5-3-4-7-10-9/h3-5,7,11H,6,8H2,1-2H3. The fourth-order valence-corrected chi connectivity index (χ4v) is 0.954. The van der Waals surface area contributed by atoms with Gasteiger partial charge in [0.05, 0.1) is 0 Å². The van der Waals surface area contributed by atoms with Crippen LogP contribution in [0.3, 0.4) is 0 Å². The molecule has 0 aliphatic heterocycles. The average Bonchev–Trinajstić information content (AvgIpc) is 2.05. The Hall–Kier alpha value is -0.930. The van der Waals surface area contributed by atoms with Crippen molar-refractivity contribution in [3.8, 4) is 0 Å². The van der Waals surface area contributed by atoms with Crippen molar-refractivity contribution in [3.63, 3.8) is 0 Å². The number of nitrogens with zero attached hydrogens (tertiary/aromatic N) is 2. The molecule has 0 atom stereocenters. The average molecular weight is 165 g/mol. The van der Waals surface area contributed by atoms with Crippen molar-refractivity contribution < 1.29 is 0 Å². The second-order valence-corrected chi connectivity index (χ2v) is 2.87. The zero-order chi connectivity index (χ0) is 8.81. The molecule has 1 N–H and O–H groups in total. The van der Waals surface area contributed by atoms with Crippen molar-refractivity contribution in [2.75, 3.05) is 20.6 Å². The van der Waals surface area contributed by atoms with Crippen LogP contribution in [0.15, 0.2) is 24.4 Å². The van der Waals surface area contributed by atoms with E-state index in [1.807, 2.05) is 43.5 Å². The molecule has 0 aromatic carbocycles. The van der Waals surface area contributed by atoms with Crippen molar-refractivity contribution in [1.82, 2.24) is 15.4 Å². The first-order valence-electron chi connectivity index (χ1n) is 4.10. The number of hydrogen-bond donors (Lipinski definition) is 1. The third kappa shape index (κ3) is 3.46. The van der Waals surface area contributed by atoms with Gasteiger partial charge in [-0.05, 0) is 12.1 Å². The Labute approximate surface area is 73.4 Å². The highest BCUT2D eigenvalue weighted by Gasteiger charge is 1.92. The van der Waals surface area contributed by atoms with E-state index in [0.29, 0.717) is 0 Å². The highest BCUT2D eigenvalue weighted by atomic mass is 15.5. The van der Waals surface area contributed by atoms with E-state index in [2.05, 4.69) is 10.4 Å². The SMILES string of the molecule is CN(C)NCCc1ccccn1. The van der Waals surface area contributed by atoms with Gasteiger partial charge >= 0.3 is 0 Å². The first-order valence-corrected chi connectivity index (χ1v) is 4.10. The van der Waals surface area contributed by atoms with Gasteiger partial charge in [-0.2, -0.15) is 0 Å². The first-order chi connectivity index (χ1) is 5.79. The molecule has 0 aliphatic carbocycles. The van der Waals surface area contributed by atoms with Crippen LogP contribution in [0, 0.1) is 0 Å². The van der Waals surface area contributed by atoms with Crippen molar-refractivity contribution >= 4 is 0 Å². The summed E-state index contributed by atoms with van der Waals surface area (Å²) in [6.07, 6.45) is 2.80. The van der Waals surface area contributed by atoms with Gasteiger partial charge in [-0.15, -0.1) is 0 Å². The first kappa shape index (κ1) is 9.16. The molecule has 1 heterocycles. The van der Waals surface area contributed by atoms with Crippen molar-refractivity contribution in [1.29, 1.82) is 0 Å². The van der Waals surface area contributed by atoms with E-state index < -0.39 is 0 Å². The number of rotatable bonds is 4. The van der Waals surface area contributed by atoms with E-state index in [1.54, 1.807) is 0 Å². The van der Waals surface area contributed by atoms with Gasteiger partial charge in [0.15, 0.2) is 0 Å². The molecule has 0 fully saturated rings. The molecule has 66 valence electrons. The van der Waals surface area contributed by atoms with Gasteiger partial charge in [0.2, 0.25) is 0 Å². The van der Waals surface area contributed by atoms with Gasteiger partial charge in [-0.1, -0.05) is 6.07 Å². The predicted octanol–water partition coefficient (Wildman–Crippen LogP) is 0.690. The summed E-state index contributed by atoms with van der Waals surface area (Å²) in [6.45, 7) is 0.935. The van der Waals surface area contributed by atoms with Crippen LogP contribution >= 0.6 is 0 Å². The lowest BCUT2D eigenvalue weighted by atomic mass is 10.3. The Morgan fingerprint density at radius 3 is 2.83 bits per heavy atom. The smallest absolute Gasteiger partial charge is 0.0416 e. The number of nitrogens with one attached hydrogen (secondary N) is 1. The van der Waals surface area contributed by atoms with Crippen LogP contribution in [-0.4, -0.2) is 30.6 Å². The summed E-state index contributed by atoms with van der Waals surface area (Å²) in [5.41, 5.74) is 4.32. The monoisotopic (exact) mass is 165 g/mol. The summed E-state index contributed by atoms with van der Waals surface area (Å²) in [5.74, 6) is 0. The van der Waals surface area contributed by atoms with Crippen LogP contribution in [0.5, 0.6) is 0 Å². The van der Waals surface area contributed by atoms with E-state index in [-0.39, 0.29) is 0 Å². The maximum absolute atomic E-state index is 4.22. The molecular weight excluding hydrogens is 150 g/mol. The van der Waals surface area contributed by atoms with Gasteiger partial charge in [-0.3, -0.25) is 15.4 Å². The Morgan fingerprint density at radius 2 is 2.25 bits per heavy atom. The number of aromatic nitrogens is 1. The van der Waals surface area contributed by atoms with Gasteiger partial charge < -0.3 is 0 Å². The fourth-order valence-electron chi connectivity index (χ4n) is 0.954. The largest absolute Gasteiger partial charge is 0.261 e. The quantitative estimate of drug-likeness (QED) is 0.665. The lowest BCUT2D eigenvalue weighted by molar-refractivity contribution is 0.292. The van der Waals surface area contributed by atoms with Crippen LogP contribution in [-0.2, 0) is 6.42 Å². The van der Waals surface area contributed by atoms with Crippen molar-refractivity contribution in [2.45, 2.75) is 6.42 Å². The van der Waals surface area contributed by atoms with E-state index in [0.717, 1.165) is 18.7 Å². The minimum atomic E-state index is 0.935. The third-order valence-corrected chi connectivity index (χ3v) is 1.54. The molecule has 0 saturated heterocycles. The third-order valence-electron chi connectivity index (χ3n) is 1.54. The molecule has 0 bridgehead atoms. The van der Waals surface area contributed by atoms with Crippen LogP contribution in [0.4, 0.5) is 0 Å². The lowest BCUT2D eigenvalue weighted by Gasteiger charge is -2.10. The van der Waals surface area contributed by atoms with Crippen molar-refractivity contribution in [2.24, 2.45) is 0 Å². The number of pyridine rings is 1. The van der Waals surface area contributed by atoms with Crippen LogP contribution < -0.4 is 5.43 Å². The summed E-state index contributed by atoms with van der Waals surface area (Å²) in [7, 11) is 3.97. The van der Waals surface area contributed by atoms with Crippen LogP contribution in [0.2, 0.25) is 0 Å². The van der Waals surface area contributed by atoms with Crippen molar-refractivity contribution in [3.05, 3.63) is 30.1 Å². The highest BCUT2D eigenvalue weighted by Crippen LogP contribution is 1.92. The summed E-state index contributed by atoms with van der Waals surface area (Å²) in [4.78, 5) is 4.22. The van der Waals surface area contributed by atoms with Gasteiger partial charge in [-0.25, -0.2) is 0 Å².